The molecule has 1 heterocycles. The summed E-state index contributed by atoms with van der Waals surface area (Å²) >= 11 is 0. The van der Waals surface area contributed by atoms with E-state index in [1.165, 1.54) is 5.56 Å². The average Bonchev–Trinajstić information content (AvgIpc) is 2.53. The van der Waals surface area contributed by atoms with Crippen molar-refractivity contribution >= 4 is 5.91 Å². The molecule has 1 N–H and O–H groups in total. The number of pyridine rings is 1. The van der Waals surface area contributed by atoms with Gasteiger partial charge >= 0.3 is 0 Å². The molecule has 104 valence electrons. The summed E-state index contributed by atoms with van der Waals surface area (Å²) < 4.78 is 5.56. The van der Waals surface area contributed by atoms with E-state index in [0.717, 1.165) is 12.2 Å². The number of carbonyl (C=O) groups is 1. The zero-order valence-electron chi connectivity index (χ0n) is 11.5. The van der Waals surface area contributed by atoms with E-state index in [-0.39, 0.29) is 5.91 Å². The average molecular weight is 270 g/mol. The van der Waals surface area contributed by atoms with Crippen molar-refractivity contribution < 1.29 is 9.53 Å². The molecule has 0 aliphatic heterocycles. The zero-order valence-corrected chi connectivity index (χ0v) is 11.5. The summed E-state index contributed by atoms with van der Waals surface area (Å²) in [4.78, 5) is 15.6. The number of carbonyl (C=O) groups excluding carboxylic acids is 1. The van der Waals surface area contributed by atoms with Gasteiger partial charge in [0.05, 0.1) is 12.1 Å². The minimum atomic E-state index is -0.136. The van der Waals surface area contributed by atoms with Crippen LogP contribution < -0.4 is 10.1 Å². The molecule has 0 saturated heterocycles. The Hall–Kier alpha value is -2.36. The quantitative estimate of drug-likeness (QED) is 0.820. The maximum Gasteiger partial charge on any atom is 0.252 e. The Balaban J connectivity index is 1.72. The number of benzene rings is 1. The van der Waals surface area contributed by atoms with Gasteiger partial charge in [-0.25, -0.2) is 0 Å². The van der Waals surface area contributed by atoms with Crippen molar-refractivity contribution in [1.29, 1.82) is 0 Å². The van der Waals surface area contributed by atoms with Crippen LogP contribution >= 0.6 is 0 Å². The Morgan fingerprint density at radius 3 is 2.70 bits per heavy atom. The highest BCUT2D eigenvalue weighted by atomic mass is 16.5. The summed E-state index contributed by atoms with van der Waals surface area (Å²) in [5.41, 5.74) is 1.84. The molecule has 0 fully saturated rings. The van der Waals surface area contributed by atoms with E-state index < -0.39 is 0 Å². The number of aromatic nitrogens is 1. The van der Waals surface area contributed by atoms with Crippen LogP contribution in [-0.2, 0) is 6.42 Å². The second-order valence-corrected chi connectivity index (χ2v) is 4.34. The topological polar surface area (TPSA) is 51.2 Å². The first-order chi connectivity index (χ1) is 9.79. The first kappa shape index (κ1) is 14.1. The lowest BCUT2D eigenvalue weighted by atomic mass is 10.2. The molecule has 0 bridgehead atoms. The van der Waals surface area contributed by atoms with Crippen LogP contribution in [-0.4, -0.2) is 24.0 Å². The van der Waals surface area contributed by atoms with E-state index in [2.05, 4.69) is 17.2 Å². The first-order valence-electron chi connectivity index (χ1n) is 6.69. The van der Waals surface area contributed by atoms with Crippen molar-refractivity contribution in [2.75, 3.05) is 13.2 Å². The van der Waals surface area contributed by atoms with Crippen molar-refractivity contribution in [2.45, 2.75) is 13.3 Å². The van der Waals surface area contributed by atoms with Crippen LogP contribution in [0.2, 0.25) is 0 Å². The van der Waals surface area contributed by atoms with Gasteiger partial charge in [0, 0.05) is 12.4 Å². The molecule has 0 atom stereocenters. The van der Waals surface area contributed by atoms with E-state index in [1.54, 1.807) is 24.5 Å². The maximum atomic E-state index is 11.7. The molecule has 1 aromatic carbocycles. The number of hydrogen-bond acceptors (Lipinski definition) is 3. The lowest BCUT2D eigenvalue weighted by Gasteiger charge is -2.08. The molecule has 20 heavy (non-hydrogen) atoms. The van der Waals surface area contributed by atoms with Gasteiger partial charge in [-0.05, 0) is 36.2 Å². The van der Waals surface area contributed by atoms with Crippen molar-refractivity contribution in [3.05, 3.63) is 59.9 Å². The van der Waals surface area contributed by atoms with Crippen molar-refractivity contribution in [3.63, 3.8) is 0 Å². The third kappa shape index (κ3) is 4.09. The molecule has 1 aromatic heterocycles. The van der Waals surface area contributed by atoms with E-state index in [4.69, 9.17) is 4.74 Å². The molecular weight excluding hydrogens is 252 g/mol. The number of nitrogens with one attached hydrogen (secondary N) is 1. The predicted molar refractivity (Wildman–Crippen MR) is 77.9 cm³/mol. The fourth-order valence-electron chi connectivity index (χ4n) is 1.75. The monoisotopic (exact) mass is 270 g/mol. The van der Waals surface area contributed by atoms with Crippen LogP contribution in [0.4, 0.5) is 0 Å². The summed E-state index contributed by atoms with van der Waals surface area (Å²) in [7, 11) is 0. The Morgan fingerprint density at radius 1 is 1.25 bits per heavy atom. The van der Waals surface area contributed by atoms with Gasteiger partial charge in [0.25, 0.3) is 5.91 Å². The predicted octanol–water partition coefficient (Wildman–Crippen LogP) is 2.45. The largest absolute Gasteiger partial charge is 0.492 e. The van der Waals surface area contributed by atoms with Gasteiger partial charge in [0.2, 0.25) is 0 Å². The van der Waals surface area contributed by atoms with Gasteiger partial charge in [-0.1, -0.05) is 19.1 Å². The molecule has 2 aromatic rings. The van der Waals surface area contributed by atoms with Gasteiger partial charge < -0.3 is 10.1 Å². The second-order valence-electron chi connectivity index (χ2n) is 4.34. The first-order valence-corrected chi connectivity index (χ1v) is 6.69. The fourth-order valence-corrected chi connectivity index (χ4v) is 1.75. The minimum absolute atomic E-state index is 0.136. The molecule has 0 radical (unpaired) electrons. The highest BCUT2D eigenvalue weighted by Gasteiger charge is 2.03. The Kier molecular flexibility index (Phi) is 5.12. The third-order valence-corrected chi connectivity index (χ3v) is 2.91. The number of amides is 1. The standard InChI is InChI=1S/C16H18N2O2/c1-2-13-5-7-15(8-6-13)20-11-10-18-16(19)14-4-3-9-17-12-14/h3-9,12H,2,10-11H2,1H3,(H,18,19). The molecule has 4 heteroatoms. The van der Waals surface area contributed by atoms with Crippen LogP contribution in [0.25, 0.3) is 0 Å². The smallest absolute Gasteiger partial charge is 0.252 e. The van der Waals surface area contributed by atoms with E-state index >= 15 is 0 Å². The van der Waals surface area contributed by atoms with Crippen molar-refractivity contribution in [2.24, 2.45) is 0 Å². The summed E-state index contributed by atoms with van der Waals surface area (Å²) in [5.74, 6) is 0.681. The Labute approximate surface area is 118 Å². The minimum Gasteiger partial charge on any atom is -0.492 e. The van der Waals surface area contributed by atoms with Crippen LogP contribution in [0.15, 0.2) is 48.8 Å². The summed E-state index contributed by atoms with van der Waals surface area (Å²) in [6.07, 6.45) is 4.20. The number of nitrogens with zero attached hydrogens (tertiary/aromatic N) is 1. The van der Waals surface area contributed by atoms with Crippen molar-refractivity contribution in [3.8, 4) is 5.75 Å². The molecule has 1 amide bonds. The zero-order chi connectivity index (χ0) is 14.2. The number of hydrogen-bond donors (Lipinski definition) is 1. The van der Waals surface area contributed by atoms with E-state index in [0.29, 0.717) is 18.7 Å². The van der Waals surface area contributed by atoms with Crippen LogP contribution in [0, 0.1) is 0 Å². The summed E-state index contributed by atoms with van der Waals surface area (Å²) in [6, 6.07) is 11.4. The molecule has 0 unspecified atom stereocenters. The maximum absolute atomic E-state index is 11.7. The lowest BCUT2D eigenvalue weighted by molar-refractivity contribution is 0.0946. The van der Waals surface area contributed by atoms with Gasteiger partial charge in [0.15, 0.2) is 0 Å². The molecule has 0 aliphatic carbocycles. The molecular formula is C16H18N2O2. The number of ether oxygens (including phenoxy) is 1. The van der Waals surface area contributed by atoms with Crippen molar-refractivity contribution in [1.82, 2.24) is 10.3 Å². The molecule has 0 aliphatic rings. The third-order valence-electron chi connectivity index (χ3n) is 2.91. The van der Waals surface area contributed by atoms with Crippen LogP contribution in [0.3, 0.4) is 0 Å². The Bertz CT molecular complexity index is 538. The molecule has 0 saturated carbocycles. The fraction of sp³-hybridized carbons (Fsp3) is 0.250. The van der Waals surface area contributed by atoms with Gasteiger partial charge in [-0.3, -0.25) is 9.78 Å². The molecule has 2 rings (SSSR count). The number of aryl methyl sites for hydroxylation is 1. The summed E-state index contributed by atoms with van der Waals surface area (Å²) in [6.45, 7) is 3.02. The van der Waals surface area contributed by atoms with Crippen LogP contribution in [0.1, 0.15) is 22.8 Å². The van der Waals surface area contributed by atoms with Gasteiger partial charge in [-0.2, -0.15) is 0 Å². The lowest BCUT2D eigenvalue weighted by Crippen LogP contribution is -2.28. The van der Waals surface area contributed by atoms with Crippen LogP contribution in [0.5, 0.6) is 5.75 Å². The normalized spacial score (nSPS) is 10.1. The van der Waals surface area contributed by atoms with E-state index in [9.17, 15) is 4.79 Å². The molecule has 0 spiro atoms. The summed E-state index contributed by atoms with van der Waals surface area (Å²) in [5, 5.41) is 2.79. The van der Waals surface area contributed by atoms with Gasteiger partial charge in [-0.15, -0.1) is 0 Å². The van der Waals surface area contributed by atoms with Gasteiger partial charge in [0.1, 0.15) is 12.4 Å². The highest BCUT2D eigenvalue weighted by molar-refractivity contribution is 5.93. The second kappa shape index (κ2) is 7.28. The highest BCUT2D eigenvalue weighted by Crippen LogP contribution is 2.12. The number of rotatable bonds is 6. The van der Waals surface area contributed by atoms with E-state index in [1.807, 2.05) is 24.3 Å². The SMILES string of the molecule is CCc1ccc(OCCNC(=O)c2cccnc2)cc1. The Morgan fingerprint density at radius 2 is 2.05 bits per heavy atom. The molecule has 4 nitrogen and oxygen atoms in total.